The molecule has 0 atom stereocenters. The molecule has 1 N–H and O–H groups in total. The third kappa shape index (κ3) is 2.79. The molecule has 4 rings (SSSR count). The zero-order chi connectivity index (χ0) is 16.5. The predicted octanol–water partition coefficient (Wildman–Crippen LogP) is 2.91. The van der Waals surface area contributed by atoms with Crippen LogP contribution >= 0.6 is 0 Å². The lowest BCUT2D eigenvalue weighted by molar-refractivity contribution is 0.301. The van der Waals surface area contributed by atoms with Crippen LogP contribution in [0.15, 0.2) is 53.3 Å². The lowest BCUT2D eigenvalue weighted by atomic mass is 10.3. The van der Waals surface area contributed by atoms with Crippen molar-refractivity contribution in [1.82, 2.24) is 19.7 Å². The van der Waals surface area contributed by atoms with Crippen molar-refractivity contribution >= 4 is 11.1 Å². The molecule has 7 nitrogen and oxygen atoms in total. The average Bonchev–Trinajstić information content (AvgIpc) is 3.19. The minimum Gasteiger partial charge on any atom is -0.506 e. The zero-order valence-electron chi connectivity index (χ0n) is 12.9. The summed E-state index contributed by atoms with van der Waals surface area (Å²) in [6.45, 7) is 0.305. The van der Waals surface area contributed by atoms with Crippen LogP contribution in [0.5, 0.6) is 11.5 Å². The summed E-state index contributed by atoms with van der Waals surface area (Å²) in [5, 5.41) is 13.3. The number of benzene rings is 1. The second kappa shape index (κ2) is 5.69. The van der Waals surface area contributed by atoms with Crippen molar-refractivity contribution in [2.45, 2.75) is 6.61 Å². The van der Waals surface area contributed by atoms with Crippen molar-refractivity contribution in [1.29, 1.82) is 0 Å². The van der Waals surface area contributed by atoms with Gasteiger partial charge < -0.3 is 14.3 Å². The second-order valence-electron chi connectivity index (χ2n) is 5.35. The molecule has 0 saturated heterocycles. The summed E-state index contributed by atoms with van der Waals surface area (Å²) >= 11 is 0. The number of aryl methyl sites for hydroxylation is 1. The third-order valence-electron chi connectivity index (χ3n) is 3.51. The van der Waals surface area contributed by atoms with Crippen LogP contribution in [0.4, 0.5) is 0 Å². The molecular weight excluding hydrogens is 308 g/mol. The maximum absolute atomic E-state index is 9.23. The molecule has 0 radical (unpaired) electrons. The summed E-state index contributed by atoms with van der Waals surface area (Å²) < 4.78 is 13.2. The molecular formula is C17H14N4O3. The average molecular weight is 322 g/mol. The molecule has 3 aromatic heterocycles. The molecule has 0 fully saturated rings. The fourth-order valence-electron chi connectivity index (χ4n) is 2.31. The van der Waals surface area contributed by atoms with Crippen LogP contribution in [0.2, 0.25) is 0 Å². The van der Waals surface area contributed by atoms with Gasteiger partial charge in [0.2, 0.25) is 5.89 Å². The van der Waals surface area contributed by atoms with Crippen molar-refractivity contribution < 1.29 is 14.3 Å². The molecule has 0 unspecified atom stereocenters. The first kappa shape index (κ1) is 14.3. The van der Waals surface area contributed by atoms with E-state index in [1.54, 1.807) is 23.0 Å². The van der Waals surface area contributed by atoms with Gasteiger partial charge in [0, 0.05) is 19.3 Å². The fourth-order valence-corrected chi connectivity index (χ4v) is 2.31. The number of rotatable bonds is 4. The number of aromatic nitrogens is 4. The molecule has 0 amide bonds. The van der Waals surface area contributed by atoms with E-state index in [1.165, 1.54) is 6.20 Å². The molecule has 7 heteroatoms. The lowest BCUT2D eigenvalue weighted by Crippen LogP contribution is -1.97. The summed E-state index contributed by atoms with van der Waals surface area (Å²) in [6.07, 6.45) is 4.94. The highest BCUT2D eigenvalue weighted by atomic mass is 16.5. The van der Waals surface area contributed by atoms with Crippen molar-refractivity contribution in [3.05, 3.63) is 54.6 Å². The van der Waals surface area contributed by atoms with E-state index in [9.17, 15) is 5.11 Å². The van der Waals surface area contributed by atoms with E-state index in [-0.39, 0.29) is 5.75 Å². The van der Waals surface area contributed by atoms with Crippen molar-refractivity contribution in [2.75, 3.05) is 0 Å². The molecule has 120 valence electrons. The molecule has 1 aromatic carbocycles. The summed E-state index contributed by atoms with van der Waals surface area (Å²) in [5.74, 6) is 1.32. The number of hydrogen-bond acceptors (Lipinski definition) is 6. The van der Waals surface area contributed by atoms with E-state index < -0.39 is 0 Å². The van der Waals surface area contributed by atoms with Gasteiger partial charge in [-0.1, -0.05) is 0 Å². The first-order chi connectivity index (χ1) is 11.7. The first-order valence-corrected chi connectivity index (χ1v) is 7.34. The summed E-state index contributed by atoms with van der Waals surface area (Å²) in [6, 6.07) is 8.75. The fraction of sp³-hybridized carbons (Fsp3) is 0.118. The Morgan fingerprint density at radius 1 is 1.21 bits per heavy atom. The molecule has 0 aliphatic heterocycles. The number of ether oxygens (including phenoxy) is 1. The Kier molecular flexibility index (Phi) is 3.38. The minimum atomic E-state index is 0.130. The zero-order valence-corrected chi connectivity index (χ0v) is 12.9. The maximum atomic E-state index is 9.23. The van der Waals surface area contributed by atoms with E-state index in [0.717, 1.165) is 11.3 Å². The standard InChI is InChI=1S/C17H14N4O3/c1-21-9-11(7-19-21)17-20-15-6-14(4-5-16(15)24-17)23-10-12-2-3-13(22)8-18-12/h2-9,22H,10H2,1H3. The van der Waals surface area contributed by atoms with Crippen LogP contribution in [0.25, 0.3) is 22.6 Å². The highest BCUT2D eigenvalue weighted by Crippen LogP contribution is 2.27. The largest absolute Gasteiger partial charge is 0.506 e. The van der Waals surface area contributed by atoms with Gasteiger partial charge in [-0.05, 0) is 24.3 Å². The van der Waals surface area contributed by atoms with Gasteiger partial charge >= 0.3 is 0 Å². The van der Waals surface area contributed by atoms with Crippen LogP contribution in [0.3, 0.4) is 0 Å². The SMILES string of the molecule is Cn1cc(-c2nc3cc(OCc4ccc(O)cn4)ccc3o2)cn1. The number of hydrogen-bond donors (Lipinski definition) is 1. The van der Waals surface area contributed by atoms with E-state index in [4.69, 9.17) is 9.15 Å². The number of oxazole rings is 1. The molecule has 4 aromatic rings. The Hall–Kier alpha value is -3.35. The van der Waals surface area contributed by atoms with Gasteiger partial charge in [0.1, 0.15) is 23.6 Å². The summed E-state index contributed by atoms with van der Waals surface area (Å²) in [4.78, 5) is 8.56. The second-order valence-corrected chi connectivity index (χ2v) is 5.35. The van der Waals surface area contributed by atoms with E-state index in [0.29, 0.717) is 29.3 Å². The molecule has 0 spiro atoms. The van der Waals surface area contributed by atoms with Gasteiger partial charge in [0.05, 0.1) is 23.7 Å². The number of fused-ring (bicyclic) bond motifs is 1. The maximum Gasteiger partial charge on any atom is 0.230 e. The Morgan fingerprint density at radius 3 is 2.88 bits per heavy atom. The molecule has 0 saturated carbocycles. The van der Waals surface area contributed by atoms with Gasteiger partial charge in [0.15, 0.2) is 5.58 Å². The highest BCUT2D eigenvalue weighted by molar-refractivity contribution is 5.77. The Morgan fingerprint density at radius 2 is 2.12 bits per heavy atom. The van der Waals surface area contributed by atoms with Gasteiger partial charge in [-0.3, -0.25) is 9.67 Å². The van der Waals surface area contributed by atoms with Crippen LogP contribution in [0, 0.1) is 0 Å². The predicted molar refractivity (Wildman–Crippen MR) is 86.4 cm³/mol. The normalized spacial score (nSPS) is 11.0. The van der Waals surface area contributed by atoms with E-state index >= 15 is 0 Å². The summed E-state index contributed by atoms with van der Waals surface area (Å²) in [7, 11) is 1.84. The van der Waals surface area contributed by atoms with Crippen LogP contribution in [0.1, 0.15) is 5.69 Å². The summed E-state index contributed by atoms with van der Waals surface area (Å²) in [5.41, 5.74) is 2.95. The van der Waals surface area contributed by atoms with Gasteiger partial charge in [0.25, 0.3) is 0 Å². The van der Waals surface area contributed by atoms with Gasteiger partial charge in [-0.25, -0.2) is 4.98 Å². The monoisotopic (exact) mass is 322 g/mol. The molecule has 24 heavy (non-hydrogen) atoms. The highest BCUT2D eigenvalue weighted by Gasteiger charge is 2.11. The van der Waals surface area contributed by atoms with Crippen molar-refractivity contribution in [3.8, 4) is 23.0 Å². The van der Waals surface area contributed by atoms with Crippen molar-refractivity contribution in [3.63, 3.8) is 0 Å². The Balaban J connectivity index is 1.55. The topological polar surface area (TPSA) is 86.2 Å². The molecule has 0 aliphatic carbocycles. The van der Waals surface area contributed by atoms with E-state index in [1.807, 2.05) is 31.4 Å². The number of aromatic hydroxyl groups is 1. The van der Waals surface area contributed by atoms with Crippen molar-refractivity contribution in [2.24, 2.45) is 7.05 Å². The molecule has 0 aliphatic rings. The van der Waals surface area contributed by atoms with Gasteiger partial charge in [-0.15, -0.1) is 0 Å². The third-order valence-corrected chi connectivity index (χ3v) is 3.51. The van der Waals surface area contributed by atoms with Gasteiger partial charge in [-0.2, -0.15) is 5.10 Å². The quantitative estimate of drug-likeness (QED) is 0.622. The van der Waals surface area contributed by atoms with Crippen LogP contribution in [-0.4, -0.2) is 24.9 Å². The van der Waals surface area contributed by atoms with Crippen LogP contribution < -0.4 is 4.74 Å². The molecule has 3 heterocycles. The van der Waals surface area contributed by atoms with E-state index in [2.05, 4.69) is 15.1 Å². The number of nitrogens with zero attached hydrogens (tertiary/aromatic N) is 4. The lowest BCUT2D eigenvalue weighted by Gasteiger charge is -2.05. The Bertz CT molecular complexity index is 989. The minimum absolute atomic E-state index is 0.130. The number of pyridine rings is 1. The van der Waals surface area contributed by atoms with Crippen LogP contribution in [-0.2, 0) is 13.7 Å². The Labute approximate surface area is 137 Å². The smallest absolute Gasteiger partial charge is 0.230 e. The first-order valence-electron chi connectivity index (χ1n) is 7.34. The molecule has 0 bridgehead atoms.